The summed E-state index contributed by atoms with van der Waals surface area (Å²) >= 11 is 5.77. The van der Waals surface area contributed by atoms with Crippen LogP contribution in [0, 0.1) is 0 Å². The molecular weight excluding hydrogens is 282 g/mol. The van der Waals surface area contributed by atoms with Gasteiger partial charge in [-0.05, 0) is 24.6 Å². The molecule has 0 heterocycles. The van der Waals surface area contributed by atoms with Gasteiger partial charge in [0.25, 0.3) is 0 Å². The summed E-state index contributed by atoms with van der Waals surface area (Å²) in [7, 11) is 0. The molecule has 0 aromatic heterocycles. The van der Waals surface area contributed by atoms with Crippen LogP contribution in [0.2, 0.25) is 5.02 Å². The molecule has 1 atom stereocenters. The highest BCUT2D eigenvalue weighted by Gasteiger charge is 2.06. The first-order valence-electron chi connectivity index (χ1n) is 6.48. The fourth-order valence-corrected chi connectivity index (χ4v) is 1.63. The van der Waals surface area contributed by atoms with E-state index in [1.165, 1.54) is 0 Å². The molecule has 0 radical (unpaired) electrons. The van der Waals surface area contributed by atoms with E-state index in [1.807, 2.05) is 12.1 Å². The van der Waals surface area contributed by atoms with Crippen LogP contribution in [0.25, 0.3) is 0 Å². The Kier molecular flexibility index (Phi) is 8.22. The van der Waals surface area contributed by atoms with Crippen LogP contribution < -0.4 is 5.32 Å². The normalized spacial score (nSPS) is 12.2. The average molecular weight is 302 g/mol. The van der Waals surface area contributed by atoms with Gasteiger partial charge in [0.15, 0.2) is 0 Å². The number of halogens is 1. The summed E-state index contributed by atoms with van der Waals surface area (Å²) in [6, 6.07) is 7.32. The van der Waals surface area contributed by atoms with E-state index < -0.39 is 6.10 Å². The Labute approximate surface area is 123 Å². The number of hydrogen-bond acceptors (Lipinski definition) is 5. The predicted octanol–water partition coefficient (Wildman–Crippen LogP) is 1.37. The van der Waals surface area contributed by atoms with Gasteiger partial charge >= 0.3 is 5.97 Å². The van der Waals surface area contributed by atoms with Gasteiger partial charge in [-0.15, -0.1) is 0 Å². The second-order valence-corrected chi connectivity index (χ2v) is 4.67. The van der Waals surface area contributed by atoms with E-state index in [-0.39, 0.29) is 25.7 Å². The van der Waals surface area contributed by atoms with Crippen molar-refractivity contribution in [1.82, 2.24) is 5.32 Å². The SMILES string of the molecule is CCOC(=O)CNCC(O)COCc1ccc(Cl)cc1. The van der Waals surface area contributed by atoms with E-state index in [0.717, 1.165) is 5.56 Å². The van der Waals surface area contributed by atoms with Gasteiger partial charge in [-0.2, -0.15) is 0 Å². The molecular formula is C14H20ClNO4. The molecule has 0 aliphatic carbocycles. The maximum Gasteiger partial charge on any atom is 0.319 e. The monoisotopic (exact) mass is 301 g/mol. The summed E-state index contributed by atoms with van der Waals surface area (Å²) in [5, 5.41) is 13.1. The number of hydrogen-bond donors (Lipinski definition) is 2. The van der Waals surface area contributed by atoms with Gasteiger partial charge in [0.2, 0.25) is 0 Å². The Morgan fingerprint density at radius 2 is 2.10 bits per heavy atom. The van der Waals surface area contributed by atoms with Crippen molar-refractivity contribution >= 4 is 17.6 Å². The maximum atomic E-state index is 11.0. The highest BCUT2D eigenvalue weighted by Crippen LogP contribution is 2.10. The molecule has 0 aliphatic rings. The summed E-state index contributed by atoms with van der Waals surface area (Å²) in [5.74, 6) is -0.332. The fraction of sp³-hybridized carbons (Fsp3) is 0.500. The van der Waals surface area contributed by atoms with Crippen LogP contribution in [-0.4, -0.2) is 43.5 Å². The molecule has 0 bridgehead atoms. The minimum Gasteiger partial charge on any atom is -0.465 e. The van der Waals surface area contributed by atoms with Gasteiger partial charge in [-0.25, -0.2) is 0 Å². The molecule has 0 spiro atoms. The molecule has 5 nitrogen and oxygen atoms in total. The number of carbonyl (C=O) groups excluding carboxylic acids is 1. The lowest BCUT2D eigenvalue weighted by atomic mass is 10.2. The average Bonchev–Trinajstić information content (AvgIpc) is 2.41. The molecule has 0 amide bonds. The van der Waals surface area contributed by atoms with Crippen LogP contribution in [0.1, 0.15) is 12.5 Å². The minimum atomic E-state index is -0.670. The number of carbonyl (C=O) groups is 1. The third-order valence-corrected chi connectivity index (χ3v) is 2.70. The van der Waals surface area contributed by atoms with Gasteiger partial charge in [-0.3, -0.25) is 4.79 Å². The van der Waals surface area contributed by atoms with E-state index in [4.69, 9.17) is 21.1 Å². The molecule has 6 heteroatoms. The molecule has 1 unspecified atom stereocenters. The van der Waals surface area contributed by atoms with Crippen LogP contribution >= 0.6 is 11.6 Å². The Hall–Kier alpha value is -1.14. The second kappa shape index (κ2) is 9.72. The first kappa shape index (κ1) is 16.9. The van der Waals surface area contributed by atoms with Crippen molar-refractivity contribution in [2.24, 2.45) is 0 Å². The molecule has 20 heavy (non-hydrogen) atoms. The summed E-state index contributed by atoms with van der Waals surface area (Å²) < 4.78 is 10.1. The molecule has 0 aliphatic heterocycles. The fourth-order valence-electron chi connectivity index (χ4n) is 1.51. The van der Waals surface area contributed by atoms with Crippen LogP contribution in [-0.2, 0) is 20.9 Å². The third-order valence-electron chi connectivity index (χ3n) is 2.45. The van der Waals surface area contributed by atoms with Crippen LogP contribution in [0.3, 0.4) is 0 Å². The zero-order valence-corrected chi connectivity index (χ0v) is 12.2. The standard InChI is InChI=1S/C14H20ClNO4/c1-2-20-14(18)8-16-7-13(17)10-19-9-11-3-5-12(15)6-4-11/h3-6,13,16-17H,2,7-10H2,1H3. The minimum absolute atomic E-state index is 0.0854. The van der Waals surface area contributed by atoms with Crippen molar-refractivity contribution in [3.8, 4) is 0 Å². The number of aliphatic hydroxyl groups excluding tert-OH is 1. The third kappa shape index (κ3) is 7.45. The van der Waals surface area contributed by atoms with Crippen LogP contribution in [0.5, 0.6) is 0 Å². The molecule has 1 aromatic rings. The molecule has 1 rings (SSSR count). The summed E-state index contributed by atoms with van der Waals surface area (Å²) in [4.78, 5) is 11.0. The van der Waals surface area contributed by atoms with Gasteiger partial charge in [0.1, 0.15) is 0 Å². The highest BCUT2D eigenvalue weighted by molar-refractivity contribution is 6.30. The molecule has 1 aromatic carbocycles. The van der Waals surface area contributed by atoms with E-state index >= 15 is 0 Å². The number of rotatable bonds is 9. The lowest BCUT2D eigenvalue weighted by Gasteiger charge is -2.12. The molecule has 0 saturated carbocycles. The number of aliphatic hydroxyl groups is 1. The van der Waals surface area contributed by atoms with Crippen molar-refractivity contribution < 1.29 is 19.4 Å². The predicted molar refractivity (Wildman–Crippen MR) is 76.6 cm³/mol. The van der Waals surface area contributed by atoms with Crippen molar-refractivity contribution in [3.63, 3.8) is 0 Å². The van der Waals surface area contributed by atoms with Crippen LogP contribution in [0.4, 0.5) is 0 Å². The molecule has 2 N–H and O–H groups in total. The highest BCUT2D eigenvalue weighted by atomic mass is 35.5. The quantitative estimate of drug-likeness (QED) is 0.674. The summed E-state index contributed by atoms with van der Waals surface area (Å²) in [6.45, 7) is 3.07. The van der Waals surface area contributed by atoms with Crippen LogP contribution in [0.15, 0.2) is 24.3 Å². The smallest absolute Gasteiger partial charge is 0.319 e. The number of nitrogens with one attached hydrogen (secondary N) is 1. The first-order valence-corrected chi connectivity index (χ1v) is 6.86. The Balaban J connectivity index is 2.09. The van der Waals surface area contributed by atoms with Gasteiger partial charge in [0.05, 0.1) is 32.5 Å². The molecule has 0 saturated heterocycles. The second-order valence-electron chi connectivity index (χ2n) is 4.23. The van der Waals surface area contributed by atoms with Crippen molar-refractivity contribution in [2.75, 3.05) is 26.3 Å². The van der Waals surface area contributed by atoms with E-state index in [9.17, 15) is 9.90 Å². The van der Waals surface area contributed by atoms with Gasteiger partial charge < -0.3 is 19.9 Å². The van der Waals surface area contributed by atoms with Crippen molar-refractivity contribution in [1.29, 1.82) is 0 Å². The molecule has 0 fully saturated rings. The summed E-state index contributed by atoms with van der Waals surface area (Å²) in [6.07, 6.45) is -0.670. The van der Waals surface area contributed by atoms with Crippen molar-refractivity contribution in [2.45, 2.75) is 19.6 Å². The zero-order chi connectivity index (χ0) is 14.8. The Morgan fingerprint density at radius 1 is 1.40 bits per heavy atom. The number of benzene rings is 1. The summed E-state index contributed by atoms with van der Waals surface area (Å²) in [5.41, 5.74) is 0.987. The van der Waals surface area contributed by atoms with E-state index in [0.29, 0.717) is 18.2 Å². The topological polar surface area (TPSA) is 67.8 Å². The Bertz CT molecular complexity index is 397. The lowest BCUT2D eigenvalue weighted by Crippen LogP contribution is -2.34. The zero-order valence-electron chi connectivity index (χ0n) is 11.5. The van der Waals surface area contributed by atoms with E-state index in [1.54, 1.807) is 19.1 Å². The lowest BCUT2D eigenvalue weighted by molar-refractivity contribution is -0.142. The first-order chi connectivity index (χ1) is 9.61. The Morgan fingerprint density at radius 3 is 2.75 bits per heavy atom. The number of esters is 1. The van der Waals surface area contributed by atoms with E-state index in [2.05, 4.69) is 5.32 Å². The van der Waals surface area contributed by atoms with Gasteiger partial charge in [-0.1, -0.05) is 23.7 Å². The van der Waals surface area contributed by atoms with Gasteiger partial charge in [0, 0.05) is 11.6 Å². The maximum absolute atomic E-state index is 11.0. The molecule has 112 valence electrons. The largest absolute Gasteiger partial charge is 0.465 e. The number of ether oxygens (including phenoxy) is 2. The van der Waals surface area contributed by atoms with Crippen molar-refractivity contribution in [3.05, 3.63) is 34.9 Å².